The maximum atomic E-state index is 12.6. The predicted molar refractivity (Wildman–Crippen MR) is 108 cm³/mol. The van der Waals surface area contributed by atoms with Gasteiger partial charge in [0.2, 0.25) is 15.9 Å². The van der Waals surface area contributed by atoms with Gasteiger partial charge in [-0.25, -0.2) is 8.42 Å². The Balaban J connectivity index is 2.20. The molecule has 0 spiro atoms. The number of benzene rings is 2. The van der Waals surface area contributed by atoms with Crippen LogP contribution in [0.1, 0.15) is 29.7 Å². The Morgan fingerprint density at radius 1 is 1.15 bits per heavy atom. The molecule has 0 bridgehead atoms. The summed E-state index contributed by atoms with van der Waals surface area (Å²) in [6, 6.07) is 12.4. The highest BCUT2D eigenvalue weighted by atomic mass is 32.2. The molecule has 7 heteroatoms. The summed E-state index contributed by atoms with van der Waals surface area (Å²) in [7, 11) is -2.04. The van der Waals surface area contributed by atoms with E-state index in [1.807, 2.05) is 51.1 Å². The molecule has 0 aromatic heterocycles. The standard InChI is InChI=1S/C20H26N2O4S/c1-14-10-11-17(12-15(14)2)22(27(5,24)25)13-20(23)21-16(3)18-8-6-7-9-19(18)26-4/h6-12,16H,13H2,1-5H3,(H,21,23). The van der Waals surface area contributed by atoms with Gasteiger partial charge in [0.05, 0.1) is 25.1 Å². The highest BCUT2D eigenvalue weighted by Gasteiger charge is 2.22. The first-order valence-electron chi connectivity index (χ1n) is 8.60. The Morgan fingerprint density at radius 2 is 1.81 bits per heavy atom. The minimum Gasteiger partial charge on any atom is -0.496 e. The lowest BCUT2D eigenvalue weighted by Crippen LogP contribution is -2.41. The van der Waals surface area contributed by atoms with E-state index in [0.717, 1.165) is 27.3 Å². The molecule has 0 saturated heterocycles. The quantitative estimate of drug-likeness (QED) is 0.789. The van der Waals surface area contributed by atoms with Crippen molar-refractivity contribution in [2.75, 3.05) is 24.2 Å². The van der Waals surface area contributed by atoms with Crippen molar-refractivity contribution in [3.05, 3.63) is 59.2 Å². The second kappa shape index (κ2) is 8.43. The van der Waals surface area contributed by atoms with E-state index in [0.29, 0.717) is 11.4 Å². The average Bonchev–Trinajstić information content (AvgIpc) is 2.61. The zero-order valence-corrected chi connectivity index (χ0v) is 17.1. The molecule has 2 aromatic carbocycles. The third kappa shape index (κ3) is 5.23. The Hall–Kier alpha value is -2.54. The second-order valence-corrected chi connectivity index (χ2v) is 8.48. The van der Waals surface area contributed by atoms with Crippen LogP contribution in [0.3, 0.4) is 0 Å². The fraction of sp³-hybridized carbons (Fsp3) is 0.350. The first-order valence-corrected chi connectivity index (χ1v) is 10.5. The van der Waals surface area contributed by atoms with E-state index < -0.39 is 15.9 Å². The lowest BCUT2D eigenvalue weighted by molar-refractivity contribution is -0.120. The third-order valence-corrected chi connectivity index (χ3v) is 5.59. The molecule has 1 atom stereocenters. The Labute approximate surface area is 161 Å². The monoisotopic (exact) mass is 390 g/mol. The molecule has 1 unspecified atom stereocenters. The number of nitrogens with zero attached hydrogens (tertiary/aromatic N) is 1. The van der Waals surface area contributed by atoms with Crippen LogP contribution in [0, 0.1) is 13.8 Å². The van der Waals surface area contributed by atoms with Gasteiger partial charge in [-0.1, -0.05) is 24.3 Å². The number of sulfonamides is 1. The van der Waals surface area contributed by atoms with Crippen LogP contribution in [-0.4, -0.2) is 34.2 Å². The van der Waals surface area contributed by atoms with E-state index in [9.17, 15) is 13.2 Å². The van der Waals surface area contributed by atoms with Crippen molar-refractivity contribution in [3.63, 3.8) is 0 Å². The summed E-state index contributed by atoms with van der Waals surface area (Å²) in [5, 5.41) is 2.84. The van der Waals surface area contributed by atoms with Gasteiger partial charge in [0.25, 0.3) is 0 Å². The summed E-state index contributed by atoms with van der Waals surface area (Å²) in [4.78, 5) is 12.6. The fourth-order valence-corrected chi connectivity index (χ4v) is 3.65. The first-order chi connectivity index (χ1) is 12.6. The molecule has 2 rings (SSSR count). The number of anilines is 1. The molecule has 0 aliphatic rings. The fourth-order valence-electron chi connectivity index (χ4n) is 2.80. The first kappa shape index (κ1) is 20.8. The number of amides is 1. The van der Waals surface area contributed by atoms with Crippen LogP contribution in [-0.2, 0) is 14.8 Å². The zero-order chi connectivity index (χ0) is 20.2. The summed E-state index contributed by atoms with van der Waals surface area (Å²) in [6.07, 6.45) is 1.10. The van der Waals surface area contributed by atoms with Crippen molar-refractivity contribution < 1.29 is 17.9 Å². The van der Waals surface area contributed by atoms with Crippen LogP contribution in [0.5, 0.6) is 5.75 Å². The highest BCUT2D eigenvalue weighted by Crippen LogP contribution is 2.25. The molecule has 0 aliphatic carbocycles. The van der Waals surface area contributed by atoms with E-state index >= 15 is 0 Å². The third-order valence-electron chi connectivity index (χ3n) is 4.45. The Bertz CT molecular complexity index is 925. The van der Waals surface area contributed by atoms with E-state index in [1.54, 1.807) is 19.2 Å². The molecule has 0 radical (unpaired) electrons. The smallest absolute Gasteiger partial charge is 0.241 e. The lowest BCUT2D eigenvalue weighted by Gasteiger charge is -2.24. The number of rotatable bonds is 7. The normalized spacial score (nSPS) is 12.3. The van der Waals surface area contributed by atoms with Crippen molar-refractivity contribution >= 4 is 21.6 Å². The number of carbonyl (C=O) groups excluding carboxylic acids is 1. The molecule has 1 N–H and O–H groups in total. The number of ether oxygens (including phenoxy) is 1. The lowest BCUT2D eigenvalue weighted by atomic mass is 10.1. The van der Waals surface area contributed by atoms with Gasteiger partial charge in [-0.3, -0.25) is 9.10 Å². The molecule has 146 valence electrons. The van der Waals surface area contributed by atoms with Crippen LogP contribution in [0.15, 0.2) is 42.5 Å². The van der Waals surface area contributed by atoms with Crippen molar-refractivity contribution in [1.82, 2.24) is 5.32 Å². The maximum Gasteiger partial charge on any atom is 0.241 e. The molecule has 0 heterocycles. The van der Waals surface area contributed by atoms with Gasteiger partial charge in [0.1, 0.15) is 12.3 Å². The van der Waals surface area contributed by atoms with Gasteiger partial charge in [-0.15, -0.1) is 0 Å². The van der Waals surface area contributed by atoms with Gasteiger partial charge < -0.3 is 10.1 Å². The Morgan fingerprint density at radius 3 is 2.41 bits per heavy atom. The SMILES string of the molecule is COc1ccccc1C(C)NC(=O)CN(c1ccc(C)c(C)c1)S(C)(=O)=O. The van der Waals surface area contributed by atoms with E-state index in [4.69, 9.17) is 4.74 Å². The number of nitrogens with one attached hydrogen (secondary N) is 1. The summed E-state index contributed by atoms with van der Waals surface area (Å²) in [6.45, 7) is 5.39. The number of carbonyl (C=O) groups is 1. The summed E-state index contributed by atoms with van der Waals surface area (Å²) < 4.78 is 30.9. The molecule has 6 nitrogen and oxygen atoms in total. The van der Waals surface area contributed by atoms with Gasteiger partial charge in [-0.2, -0.15) is 0 Å². The second-order valence-electron chi connectivity index (χ2n) is 6.57. The zero-order valence-electron chi connectivity index (χ0n) is 16.3. The van der Waals surface area contributed by atoms with Gasteiger partial charge in [-0.05, 0) is 50.1 Å². The van der Waals surface area contributed by atoms with Gasteiger partial charge >= 0.3 is 0 Å². The number of hydrogen-bond acceptors (Lipinski definition) is 4. The number of hydrogen-bond donors (Lipinski definition) is 1. The van der Waals surface area contributed by atoms with Crippen molar-refractivity contribution in [3.8, 4) is 5.75 Å². The number of para-hydroxylation sites is 1. The van der Waals surface area contributed by atoms with E-state index in [1.165, 1.54) is 0 Å². The summed E-state index contributed by atoms with van der Waals surface area (Å²) >= 11 is 0. The van der Waals surface area contributed by atoms with Crippen LogP contribution in [0.25, 0.3) is 0 Å². The molecule has 27 heavy (non-hydrogen) atoms. The molecular formula is C20H26N2O4S. The molecule has 1 amide bonds. The summed E-state index contributed by atoms with van der Waals surface area (Å²) in [5.41, 5.74) is 3.32. The Kier molecular flexibility index (Phi) is 6.49. The molecular weight excluding hydrogens is 364 g/mol. The van der Waals surface area contributed by atoms with Gasteiger partial charge in [0.15, 0.2) is 0 Å². The molecule has 2 aromatic rings. The highest BCUT2D eigenvalue weighted by molar-refractivity contribution is 7.92. The maximum absolute atomic E-state index is 12.6. The predicted octanol–water partition coefficient (Wildman–Crippen LogP) is 2.96. The van der Waals surface area contributed by atoms with Crippen molar-refractivity contribution in [2.45, 2.75) is 26.8 Å². The minimum absolute atomic E-state index is 0.291. The van der Waals surface area contributed by atoms with E-state index in [2.05, 4.69) is 5.32 Å². The van der Waals surface area contributed by atoms with Crippen LogP contribution >= 0.6 is 0 Å². The van der Waals surface area contributed by atoms with Crippen molar-refractivity contribution in [1.29, 1.82) is 0 Å². The summed E-state index contributed by atoms with van der Waals surface area (Å²) in [5.74, 6) is 0.275. The van der Waals surface area contributed by atoms with Crippen LogP contribution < -0.4 is 14.4 Å². The minimum atomic E-state index is -3.61. The topological polar surface area (TPSA) is 75.7 Å². The van der Waals surface area contributed by atoms with Crippen molar-refractivity contribution in [2.24, 2.45) is 0 Å². The largest absolute Gasteiger partial charge is 0.496 e. The van der Waals surface area contributed by atoms with E-state index in [-0.39, 0.29) is 12.6 Å². The van der Waals surface area contributed by atoms with Crippen LogP contribution in [0.2, 0.25) is 0 Å². The van der Waals surface area contributed by atoms with Crippen LogP contribution in [0.4, 0.5) is 5.69 Å². The van der Waals surface area contributed by atoms with Gasteiger partial charge in [0, 0.05) is 5.56 Å². The number of aryl methyl sites for hydroxylation is 2. The molecule has 0 saturated carbocycles. The molecule has 0 fully saturated rings. The number of methoxy groups -OCH3 is 1. The average molecular weight is 391 g/mol. The molecule has 0 aliphatic heterocycles.